The average Bonchev–Trinajstić information content (AvgIpc) is 2.78. The van der Waals surface area contributed by atoms with Crippen LogP contribution < -0.4 is 30.7 Å². The molecular formula is C21H23N7O3. The van der Waals surface area contributed by atoms with E-state index in [1.54, 1.807) is 36.5 Å². The predicted molar refractivity (Wildman–Crippen MR) is 117 cm³/mol. The van der Waals surface area contributed by atoms with Crippen molar-refractivity contribution in [3.05, 3.63) is 54.2 Å². The van der Waals surface area contributed by atoms with Crippen LogP contribution in [0.4, 0.5) is 27.9 Å². The van der Waals surface area contributed by atoms with E-state index in [4.69, 9.17) is 9.47 Å². The van der Waals surface area contributed by atoms with Crippen molar-refractivity contribution in [3.63, 3.8) is 0 Å². The highest BCUT2D eigenvalue weighted by Gasteiger charge is 2.12. The number of aromatic nitrogens is 3. The van der Waals surface area contributed by atoms with Crippen LogP contribution >= 0.6 is 0 Å². The Morgan fingerprint density at radius 2 is 1.74 bits per heavy atom. The summed E-state index contributed by atoms with van der Waals surface area (Å²) >= 11 is 0. The topological polar surface area (TPSA) is 122 Å². The van der Waals surface area contributed by atoms with Gasteiger partial charge in [0, 0.05) is 31.0 Å². The maximum atomic E-state index is 12.1. The van der Waals surface area contributed by atoms with Crippen molar-refractivity contribution in [2.75, 3.05) is 42.3 Å². The monoisotopic (exact) mass is 421 g/mol. The number of amides is 2. The first kappa shape index (κ1) is 20.2. The molecule has 0 fully saturated rings. The molecule has 0 atom stereocenters. The number of fused-ring (bicyclic) bond motifs is 1. The van der Waals surface area contributed by atoms with Gasteiger partial charge >= 0.3 is 6.03 Å². The molecule has 0 aliphatic carbocycles. The van der Waals surface area contributed by atoms with Crippen molar-refractivity contribution >= 4 is 29.2 Å². The Hall–Kier alpha value is -4.08. The van der Waals surface area contributed by atoms with Gasteiger partial charge in [-0.25, -0.2) is 9.78 Å². The summed E-state index contributed by atoms with van der Waals surface area (Å²) in [5.41, 5.74) is 1.74. The van der Waals surface area contributed by atoms with E-state index >= 15 is 0 Å². The Kier molecular flexibility index (Phi) is 6.26. The standard InChI is InChI=1S/C21H23N7O3/c1-14-6-7-22-20(12-14)26-19-5-4-18(27-28-19)23-8-9-24-21(29)25-15-2-3-16-17(13-15)31-11-10-30-16/h2-7,12-13H,8-11H2,1H3,(H,23,27)(H,22,26,28)(H2,24,25,29). The molecule has 1 aromatic carbocycles. The van der Waals surface area contributed by atoms with Gasteiger partial charge in [0.05, 0.1) is 0 Å². The second kappa shape index (κ2) is 9.61. The molecule has 10 heteroatoms. The number of nitrogens with zero attached hydrogens (tertiary/aromatic N) is 3. The molecule has 0 saturated heterocycles. The van der Waals surface area contributed by atoms with Crippen LogP contribution in [0.15, 0.2) is 48.7 Å². The first-order valence-corrected chi connectivity index (χ1v) is 9.87. The molecule has 4 N–H and O–H groups in total. The van der Waals surface area contributed by atoms with Crippen molar-refractivity contribution in [3.8, 4) is 11.5 Å². The van der Waals surface area contributed by atoms with Crippen LogP contribution in [0, 0.1) is 6.92 Å². The minimum Gasteiger partial charge on any atom is -0.486 e. The molecule has 31 heavy (non-hydrogen) atoms. The van der Waals surface area contributed by atoms with Gasteiger partial charge in [-0.2, -0.15) is 0 Å². The van der Waals surface area contributed by atoms with Gasteiger partial charge in [-0.3, -0.25) is 0 Å². The molecule has 0 spiro atoms. The van der Waals surface area contributed by atoms with Crippen molar-refractivity contribution in [1.82, 2.24) is 20.5 Å². The van der Waals surface area contributed by atoms with Gasteiger partial charge in [0.15, 0.2) is 17.3 Å². The van der Waals surface area contributed by atoms with Crippen LogP contribution in [0.1, 0.15) is 5.56 Å². The van der Waals surface area contributed by atoms with E-state index in [1.165, 1.54) is 0 Å². The Morgan fingerprint density at radius 3 is 2.55 bits per heavy atom. The Bertz CT molecular complexity index is 1040. The van der Waals surface area contributed by atoms with Crippen molar-refractivity contribution < 1.29 is 14.3 Å². The van der Waals surface area contributed by atoms with Gasteiger partial charge in [0.1, 0.15) is 24.8 Å². The van der Waals surface area contributed by atoms with Gasteiger partial charge in [-0.1, -0.05) is 0 Å². The van der Waals surface area contributed by atoms with Gasteiger partial charge in [0.2, 0.25) is 0 Å². The molecule has 3 heterocycles. The van der Waals surface area contributed by atoms with Crippen molar-refractivity contribution in [1.29, 1.82) is 0 Å². The quantitative estimate of drug-likeness (QED) is 0.430. The number of benzene rings is 1. The lowest BCUT2D eigenvalue weighted by Crippen LogP contribution is -2.32. The van der Waals surface area contributed by atoms with Crippen molar-refractivity contribution in [2.45, 2.75) is 6.92 Å². The number of ether oxygens (including phenoxy) is 2. The number of pyridine rings is 1. The number of carbonyl (C=O) groups is 1. The molecule has 4 rings (SSSR count). The van der Waals surface area contributed by atoms with Crippen LogP contribution in [0.25, 0.3) is 0 Å². The highest BCUT2D eigenvalue weighted by atomic mass is 16.6. The molecule has 1 aliphatic rings. The van der Waals surface area contributed by atoms with Crippen LogP contribution in [-0.2, 0) is 0 Å². The number of urea groups is 1. The lowest BCUT2D eigenvalue weighted by molar-refractivity contribution is 0.171. The summed E-state index contributed by atoms with van der Waals surface area (Å²) in [5.74, 6) is 3.22. The van der Waals surface area contributed by atoms with Crippen LogP contribution in [0.3, 0.4) is 0 Å². The SMILES string of the molecule is Cc1ccnc(Nc2ccc(NCCNC(=O)Nc3ccc4c(c3)OCCO4)nn2)c1. The predicted octanol–water partition coefficient (Wildman–Crippen LogP) is 2.93. The molecule has 0 bridgehead atoms. The van der Waals surface area contributed by atoms with E-state index in [0.717, 1.165) is 5.56 Å². The summed E-state index contributed by atoms with van der Waals surface area (Å²) in [6, 6.07) is 12.4. The van der Waals surface area contributed by atoms with E-state index in [0.29, 0.717) is 60.9 Å². The largest absolute Gasteiger partial charge is 0.486 e. The summed E-state index contributed by atoms with van der Waals surface area (Å²) < 4.78 is 11.0. The smallest absolute Gasteiger partial charge is 0.319 e. The molecule has 160 valence electrons. The molecule has 1 aliphatic heterocycles. The lowest BCUT2D eigenvalue weighted by atomic mass is 10.2. The molecule has 3 aromatic rings. The number of anilines is 4. The van der Waals surface area contributed by atoms with Crippen LogP contribution in [-0.4, -0.2) is 47.5 Å². The number of aryl methyl sites for hydroxylation is 1. The highest BCUT2D eigenvalue weighted by molar-refractivity contribution is 5.89. The minimum atomic E-state index is -0.310. The number of hydrogen-bond acceptors (Lipinski definition) is 8. The zero-order valence-corrected chi connectivity index (χ0v) is 17.0. The Balaban J connectivity index is 1.18. The summed E-state index contributed by atoms with van der Waals surface area (Å²) in [5, 5.41) is 20.0. The lowest BCUT2D eigenvalue weighted by Gasteiger charge is -2.19. The number of rotatable bonds is 7. The third-order valence-electron chi connectivity index (χ3n) is 4.35. The Labute approximate surface area is 179 Å². The summed E-state index contributed by atoms with van der Waals surface area (Å²) in [6.07, 6.45) is 1.73. The number of nitrogens with one attached hydrogen (secondary N) is 4. The number of hydrogen-bond donors (Lipinski definition) is 4. The Morgan fingerprint density at radius 1 is 0.935 bits per heavy atom. The second-order valence-corrected chi connectivity index (χ2v) is 6.81. The normalized spacial score (nSPS) is 12.0. The summed E-state index contributed by atoms with van der Waals surface area (Å²) in [4.78, 5) is 16.3. The van der Waals surface area contributed by atoms with E-state index in [9.17, 15) is 4.79 Å². The minimum absolute atomic E-state index is 0.310. The molecule has 2 amide bonds. The van der Waals surface area contributed by atoms with Gasteiger partial charge in [-0.15, -0.1) is 10.2 Å². The fourth-order valence-corrected chi connectivity index (χ4v) is 2.89. The highest BCUT2D eigenvalue weighted by Crippen LogP contribution is 2.32. The molecule has 0 unspecified atom stereocenters. The van der Waals surface area contributed by atoms with Crippen molar-refractivity contribution in [2.24, 2.45) is 0 Å². The molecule has 2 aromatic heterocycles. The number of carbonyl (C=O) groups excluding carboxylic acids is 1. The van der Waals surface area contributed by atoms with Gasteiger partial charge in [-0.05, 0) is 48.9 Å². The summed E-state index contributed by atoms with van der Waals surface area (Å²) in [7, 11) is 0. The van der Waals surface area contributed by atoms with Crippen LogP contribution in [0.2, 0.25) is 0 Å². The second-order valence-electron chi connectivity index (χ2n) is 6.81. The molecule has 0 radical (unpaired) electrons. The molecule has 10 nitrogen and oxygen atoms in total. The third-order valence-corrected chi connectivity index (χ3v) is 4.35. The van der Waals surface area contributed by atoms with Gasteiger partial charge in [0.25, 0.3) is 0 Å². The third kappa shape index (κ3) is 5.72. The zero-order chi connectivity index (χ0) is 21.5. The molecular weight excluding hydrogens is 398 g/mol. The molecule has 0 saturated carbocycles. The average molecular weight is 421 g/mol. The first-order valence-electron chi connectivity index (χ1n) is 9.87. The maximum Gasteiger partial charge on any atom is 0.319 e. The van der Waals surface area contributed by atoms with Crippen LogP contribution in [0.5, 0.6) is 11.5 Å². The fraction of sp³-hybridized carbons (Fsp3) is 0.238. The van der Waals surface area contributed by atoms with E-state index in [-0.39, 0.29) is 6.03 Å². The zero-order valence-electron chi connectivity index (χ0n) is 17.0. The maximum absolute atomic E-state index is 12.1. The van der Waals surface area contributed by atoms with Gasteiger partial charge < -0.3 is 30.7 Å². The van der Waals surface area contributed by atoms with E-state index in [2.05, 4.69) is 36.4 Å². The van der Waals surface area contributed by atoms with E-state index < -0.39 is 0 Å². The van der Waals surface area contributed by atoms with E-state index in [1.807, 2.05) is 19.1 Å². The fourth-order valence-electron chi connectivity index (χ4n) is 2.89. The first-order chi connectivity index (χ1) is 15.2. The summed E-state index contributed by atoms with van der Waals surface area (Å²) in [6.45, 7) is 3.93.